The predicted octanol–water partition coefficient (Wildman–Crippen LogP) is 3.10. The average Bonchev–Trinajstić information content (AvgIpc) is 3.54. The van der Waals surface area contributed by atoms with E-state index < -0.39 is 28.6 Å². The molecule has 11 heteroatoms. The first-order chi connectivity index (χ1) is 21.7. The summed E-state index contributed by atoms with van der Waals surface area (Å²) in [4.78, 5) is 58.2. The second kappa shape index (κ2) is 11.8. The molecule has 45 heavy (non-hydrogen) atoms. The van der Waals surface area contributed by atoms with Gasteiger partial charge in [0, 0.05) is 37.2 Å². The van der Waals surface area contributed by atoms with Crippen molar-refractivity contribution in [2.24, 2.45) is 0 Å². The molecule has 0 saturated carbocycles. The molecule has 0 radical (unpaired) electrons. The van der Waals surface area contributed by atoms with Gasteiger partial charge in [0.25, 0.3) is 5.56 Å². The van der Waals surface area contributed by atoms with Gasteiger partial charge in [0.05, 0.1) is 43.5 Å². The number of hydrogen-bond acceptors (Lipinski definition) is 8. The largest absolute Gasteiger partial charge is 0.493 e. The fourth-order valence-corrected chi connectivity index (χ4v) is 6.71. The molecule has 0 fully saturated rings. The normalized spacial score (nSPS) is 17.2. The molecule has 11 nitrogen and oxygen atoms in total. The van der Waals surface area contributed by atoms with Crippen molar-refractivity contribution >= 4 is 17.4 Å². The maximum absolute atomic E-state index is 13.7. The monoisotopic (exact) mass is 610 g/mol. The summed E-state index contributed by atoms with van der Waals surface area (Å²) in [6, 6.07) is 14.0. The van der Waals surface area contributed by atoms with Crippen LogP contribution in [0.25, 0.3) is 11.1 Å². The zero-order valence-electron chi connectivity index (χ0n) is 25.6. The van der Waals surface area contributed by atoms with Gasteiger partial charge in [0.2, 0.25) is 5.91 Å². The van der Waals surface area contributed by atoms with Crippen LogP contribution in [0.5, 0.6) is 11.5 Å². The lowest BCUT2D eigenvalue weighted by Gasteiger charge is -2.22. The Morgan fingerprint density at radius 3 is 2.56 bits per heavy atom. The van der Waals surface area contributed by atoms with Gasteiger partial charge in [-0.1, -0.05) is 24.3 Å². The van der Waals surface area contributed by atoms with E-state index in [9.17, 15) is 19.2 Å². The predicted molar refractivity (Wildman–Crippen MR) is 167 cm³/mol. The molecular weight excluding hydrogens is 576 g/mol. The number of anilines is 1. The van der Waals surface area contributed by atoms with E-state index in [2.05, 4.69) is 10.3 Å². The van der Waals surface area contributed by atoms with E-state index in [0.717, 1.165) is 27.0 Å². The molecule has 1 N–H and O–H groups in total. The maximum atomic E-state index is 13.7. The minimum absolute atomic E-state index is 0.111. The van der Waals surface area contributed by atoms with E-state index in [0.29, 0.717) is 42.0 Å². The smallest absolute Gasteiger partial charge is 0.331 e. The molecule has 2 heterocycles. The van der Waals surface area contributed by atoms with Crippen molar-refractivity contribution in [3.05, 3.63) is 104 Å². The van der Waals surface area contributed by atoms with Crippen LogP contribution in [0.15, 0.2) is 70.5 Å². The van der Waals surface area contributed by atoms with Crippen LogP contribution in [-0.4, -0.2) is 53.7 Å². The van der Waals surface area contributed by atoms with Crippen LogP contribution < -0.4 is 26.0 Å². The summed E-state index contributed by atoms with van der Waals surface area (Å²) in [5.74, 6) is 0.453. The summed E-state index contributed by atoms with van der Waals surface area (Å²) in [6.45, 7) is 1.46. The van der Waals surface area contributed by atoms with Gasteiger partial charge in [-0.2, -0.15) is 0 Å². The quantitative estimate of drug-likeness (QED) is 0.306. The zero-order chi connectivity index (χ0) is 31.9. The fraction of sp³-hybridized carbons (Fsp3) is 0.324. The second-order valence-corrected chi connectivity index (χ2v) is 11.5. The Hall–Kier alpha value is -5.03. The molecule has 0 unspecified atom stereocenters. The molecule has 232 valence electrons. The molecule has 0 saturated heterocycles. The van der Waals surface area contributed by atoms with Crippen molar-refractivity contribution in [1.29, 1.82) is 0 Å². The van der Waals surface area contributed by atoms with Crippen LogP contribution in [0.4, 0.5) is 5.69 Å². The van der Waals surface area contributed by atoms with Crippen LogP contribution in [0.3, 0.4) is 0 Å². The minimum atomic E-state index is -0.645. The van der Waals surface area contributed by atoms with E-state index in [-0.39, 0.29) is 24.5 Å². The summed E-state index contributed by atoms with van der Waals surface area (Å²) in [7, 11) is 4.44. The van der Waals surface area contributed by atoms with Crippen molar-refractivity contribution < 1.29 is 23.8 Å². The average molecular weight is 611 g/mol. The van der Waals surface area contributed by atoms with E-state index in [1.807, 2.05) is 24.3 Å². The van der Waals surface area contributed by atoms with E-state index in [4.69, 9.17) is 14.2 Å². The number of methoxy groups -OCH3 is 3. The Balaban J connectivity index is 1.31. The lowest BCUT2D eigenvalue weighted by molar-refractivity contribution is -0.122. The van der Waals surface area contributed by atoms with Crippen molar-refractivity contribution in [3.8, 4) is 22.6 Å². The first kappa shape index (κ1) is 30.0. The van der Waals surface area contributed by atoms with Gasteiger partial charge in [0.15, 0.2) is 11.5 Å². The number of pyridine rings is 1. The molecule has 1 amide bonds. The number of carbonyl (C=O) groups is 2. The molecule has 2 aliphatic carbocycles. The number of carbonyl (C=O) groups excluding carboxylic acids is 2. The number of nitrogens with one attached hydrogen (secondary N) is 1. The highest BCUT2D eigenvalue weighted by molar-refractivity contribution is 5.98. The molecule has 2 aliphatic rings. The standard InChI is InChI=1S/C34H34N4O7/c1-20(19-43-2)38-32(41)25(24-7-5-9-28(44-3)31(24)45-4)17-37(33(38)42)18-30(40)36-23-11-10-21-15-34(16-22(21)13-23)26-8-6-12-35-27(26)14-29(34)39/h5-13,17,20H,14-16,18-19H2,1-4H3,(H,36,40)/t20-,34-/m1/s1. The second-order valence-electron chi connectivity index (χ2n) is 11.5. The van der Waals surface area contributed by atoms with Gasteiger partial charge < -0.3 is 19.5 Å². The number of aromatic nitrogens is 3. The molecule has 4 aromatic rings. The molecule has 0 aliphatic heterocycles. The summed E-state index contributed by atoms with van der Waals surface area (Å²) in [5, 5.41) is 2.89. The van der Waals surface area contributed by atoms with E-state index >= 15 is 0 Å². The van der Waals surface area contributed by atoms with E-state index in [1.165, 1.54) is 32.1 Å². The third-order valence-electron chi connectivity index (χ3n) is 8.78. The van der Waals surface area contributed by atoms with Gasteiger partial charge in [-0.05, 0) is 60.7 Å². The summed E-state index contributed by atoms with van der Waals surface area (Å²) >= 11 is 0. The molecule has 1 spiro atoms. The van der Waals surface area contributed by atoms with Gasteiger partial charge in [-0.15, -0.1) is 0 Å². The molecule has 6 rings (SSSR count). The number of amides is 1. The zero-order valence-corrected chi connectivity index (χ0v) is 25.6. The van der Waals surface area contributed by atoms with Crippen molar-refractivity contribution in [2.45, 2.75) is 44.2 Å². The third-order valence-corrected chi connectivity index (χ3v) is 8.78. The van der Waals surface area contributed by atoms with Crippen LogP contribution >= 0.6 is 0 Å². The fourth-order valence-electron chi connectivity index (χ4n) is 6.71. The topological polar surface area (TPSA) is 131 Å². The highest BCUT2D eigenvalue weighted by Gasteiger charge is 2.50. The number of nitrogens with zero attached hydrogens (tertiary/aromatic N) is 3. The number of para-hydroxylation sites is 1. The summed E-state index contributed by atoms with van der Waals surface area (Å²) < 4.78 is 18.5. The number of benzene rings is 2. The molecule has 2 atom stereocenters. The highest BCUT2D eigenvalue weighted by Crippen LogP contribution is 2.46. The number of fused-ring (bicyclic) bond motifs is 3. The lowest BCUT2D eigenvalue weighted by Crippen LogP contribution is -2.44. The molecular formula is C34H34N4O7. The minimum Gasteiger partial charge on any atom is -0.493 e. The van der Waals surface area contributed by atoms with Gasteiger partial charge in [-0.3, -0.25) is 28.5 Å². The van der Waals surface area contributed by atoms with Crippen molar-refractivity contribution in [2.75, 3.05) is 33.3 Å². The number of hydrogen-bond donors (Lipinski definition) is 1. The Bertz CT molecular complexity index is 1950. The Kier molecular flexibility index (Phi) is 7.88. The maximum Gasteiger partial charge on any atom is 0.331 e. The summed E-state index contributed by atoms with van der Waals surface area (Å²) in [6.07, 6.45) is 4.56. The number of rotatable bonds is 9. The molecule has 2 aromatic heterocycles. The Morgan fingerprint density at radius 2 is 1.80 bits per heavy atom. The van der Waals surface area contributed by atoms with Crippen LogP contribution in [-0.2, 0) is 45.5 Å². The van der Waals surface area contributed by atoms with E-state index in [1.54, 1.807) is 37.4 Å². The summed E-state index contributed by atoms with van der Waals surface area (Å²) in [5.41, 5.74) is 3.20. The van der Waals surface area contributed by atoms with Crippen molar-refractivity contribution in [3.63, 3.8) is 0 Å². The SMILES string of the molecule is COC[C@@H](C)n1c(=O)c(-c2cccc(OC)c2OC)cn(CC(=O)Nc2ccc3c(c2)C[C@@]2(C3)C(=O)Cc3ncccc32)c1=O. The first-order valence-electron chi connectivity index (χ1n) is 14.7. The Labute approximate surface area is 259 Å². The number of ketones is 1. The first-order valence-corrected chi connectivity index (χ1v) is 14.7. The van der Waals surface area contributed by atoms with Gasteiger partial charge in [-0.25, -0.2) is 4.79 Å². The van der Waals surface area contributed by atoms with Crippen LogP contribution in [0.2, 0.25) is 0 Å². The third kappa shape index (κ3) is 5.12. The molecule has 0 bridgehead atoms. The van der Waals surface area contributed by atoms with Gasteiger partial charge >= 0.3 is 5.69 Å². The Morgan fingerprint density at radius 1 is 1.00 bits per heavy atom. The molecule has 2 aromatic carbocycles. The lowest BCUT2D eigenvalue weighted by atomic mass is 9.78. The highest BCUT2D eigenvalue weighted by atomic mass is 16.5. The van der Waals surface area contributed by atoms with Crippen molar-refractivity contribution in [1.82, 2.24) is 14.1 Å². The number of Topliss-reactive ketones (excluding diaryl/α,β-unsaturated/α-hetero) is 1. The number of ether oxygens (including phenoxy) is 3. The van der Waals surface area contributed by atoms with Crippen LogP contribution in [0.1, 0.15) is 35.3 Å². The van der Waals surface area contributed by atoms with Crippen LogP contribution in [0, 0.1) is 0 Å². The van der Waals surface area contributed by atoms with Gasteiger partial charge in [0.1, 0.15) is 12.3 Å².